The zero-order valence-electron chi connectivity index (χ0n) is 18.4. The third-order valence-corrected chi connectivity index (χ3v) is 5.78. The molecule has 8 heteroatoms. The number of fused-ring (bicyclic) bond motifs is 1. The van der Waals surface area contributed by atoms with E-state index in [1.54, 1.807) is 22.0 Å². The van der Waals surface area contributed by atoms with E-state index < -0.39 is 12.2 Å². The van der Waals surface area contributed by atoms with Crippen LogP contribution in [0.25, 0.3) is 0 Å². The van der Waals surface area contributed by atoms with Crippen LogP contribution in [0.3, 0.4) is 0 Å². The van der Waals surface area contributed by atoms with Crippen molar-refractivity contribution in [1.82, 2.24) is 25.1 Å². The molecule has 1 aromatic rings. The minimum absolute atomic E-state index is 0.0164. The van der Waals surface area contributed by atoms with Crippen LogP contribution in [0.5, 0.6) is 0 Å². The molecule has 0 unspecified atom stereocenters. The fourth-order valence-corrected chi connectivity index (χ4v) is 4.27. The standard InChI is InChI=1S/C22H33N5O3/c1-5-6-12-25-14-18-26(20(16(2)3)21(25)29)19(28)15-24(4)27(18)22(30)23-13-17-10-8-7-9-11-17/h7-11,16,18,20H,5-6,12-15H2,1-4H3,(H,23,30)/t18-,20-/m0/s1. The van der Waals surface area contributed by atoms with Gasteiger partial charge in [-0.25, -0.2) is 14.8 Å². The Bertz CT molecular complexity index is 769. The second kappa shape index (κ2) is 9.47. The Balaban J connectivity index is 1.84. The van der Waals surface area contributed by atoms with Crippen molar-refractivity contribution in [3.05, 3.63) is 35.9 Å². The average molecular weight is 416 g/mol. The van der Waals surface area contributed by atoms with Crippen LogP contribution >= 0.6 is 0 Å². The summed E-state index contributed by atoms with van der Waals surface area (Å²) >= 11 is 0. The molecular formula is C22H33N5O3. The number of urea groups is 1. The molecule has 0 aliphatic carbocycles. The second-order valence-corrected chi connectivity index (χ2v) is 8.41. The zero-order valence-corrected chi connectivity index (χ0v) is 18.4. The third-order valence-electron chi connectivity index (χ3n) is 5.78. The Hall–Kier alpha value is -2.61. The van der Waals surface area contributed by atoms with Gasteiger partial charge in [-0.3, -0.25) is 9.59 Å². The van der Waals surface area contributed by atoms with E-state index in [9.17, 15) is 14.4 Å². The molecule has 2 saturated heterocycles. The number of hydrogen-bond donors (Lipinski definition) is 1. The number of nitrogens with one attached hydrogen (secondary N) is 1. The number of likely N-dealkylation sites (N-methyl/N-ethyl adjacent to an activating group) is 1. The van der Waals surface area contributed by atoms with E-state index in [0.717, 1.165) is 18.4 Å². The number of hydrogen-bond acceptors (Lipinski definition) is 4. The van der Waals surface area contributed by atoms with Crippen LogP contribution in [0.15, 0.2) is 30.3 Å². The molecule has 2 atom stereocenters. The maximum atomic E-state index is 13.2. The van der Waals surface area contributed by atoms with Crippen molar-refractivity contribution in [2.24, 2.45) is 5.92 Å². The van der Waals surface area contributed by atoms with E-state index in [2.05, 4.69) is 12.2 Å². The number of piperazine rings is 1. The fraction of sp³-hybridized carbons (Fsp3) is 0.591. The van der Waals surface area contributed by atoms with E-state index >= 15 is 0 Å². The maximum Gasteiger partial charge on any atom is 0.334 e. The number of benzene rings is 1. The van der Waals surface area contributed by atoms with E-state index in [1.807, 2.05) is 49.1 Å². The topological polar surface area (TPSA) is 76.2 Å². The molecule has 0 spiro atoms. The lowest BCUT2D eigenvalue weighted by molar-refractivity contribution is -0.189. The van der Waals surface area contributed by atoms with Crippen molar-refractivity contribution in [3.8, 4) is 0 Å². The van der Waals surface area contributed by atoms with E-state index in [-0.39, 0.29) is 30.3 Å². The van der Waals surface area contributed by atoms with Gasteiger partial charge in [0.15, 0.2) is 0 Å². The Morgan fingerprint density at radius 3 is 2.53 bits per heavy atom. The summed E-state index contributed by atoms with van der Waals surface area (Å²) in [7, 11) is 1.74. The van der Waals surface area contributed by atoms with Crippen molar-refractivity contribution in [2.75, 3.05) is 26.7 Å². The van der Waals surface area contributed by atoms with Gasteiger partial charge in [-0.05, 0) is 17.9 Å². The van der Waals surface area contributed by atoms with Gasteiger partial charge in [-0.15, -0.1) is 0 Å². The lowest BCUT2D eigenvalue weighted by Gasteiger charge is -2.55. The molecule has 0 radical (unpaired) electrons. The summed E-state index contributed by atoms with van der Waals surface area (Å²) in [5.41, 5.74) is 1.00. The van der Waals surface area contributed by atoms with Gasteiger partial charge in [0.25, 0.3) is 0 Å². The van der Waals surface area contributed by atoms with Gasteiger partial charge in [-0.2, -0.15) is 0 Å². The van der Waals surface area contributed by atoms with Gasteiger partial charge in [-0.1, -0.05) is 57.5 Å². The molecule has 2 aliphatic rings. The average Bonchev–Trinajstić information content (AvgIpc) is 2.71. The highest BCUT2D eigenvalue weighted by Gasteiger charge is 2.51. The summed E-state index contributed by atoms with van der Waals surface area (Å²) < 4.78 is 0. The van der Waals surface area contributed by atoms with Crippen molar-refractivity contribution >= 4 is 17.8 Å². The van der Waals surface area contributed by atoms with E-state index in [4.69, 9.17) is 0 Å². The fourth-order valence-electron chi connectivity index (χ4n) is 4.27. The highest BCUT2D eigenvalue weighted by Crippen LogP contribution is 2.29. The molecular weight excluding hydrogens is 382 g/mol. The van der Waals surface area contributed by atoms with Crippen LogP contribution in [-0.2, 0) is 16.1 Å². The Labute approximate surface area is 178 Å². The molecule has 4 amide bonds. The Kier molecular flexibility index (Phi) is 6.97. The predicted octanol–water partition coefficient (Wildman–Crippen LogP) is 1.88. The molecule has 164 valence electrons. The summed E-state index contributed by atoms with van der Waals surface area (Å²) in [5, 5.41) is 6.23. The molecule has 2 fully saturated rings. The number of carbonyl (C=O) groups excluding carboxylic acids is 3. The Morgan fingerprint density at radius 2 is 1.90 bits per heavy atom. The molecule has 30 heavy (non-hydrogen) atoms. The smallest absolute Gasteiger partial charge is 0.334 e. The normalized spacial score (nSPS) is 22.5. The Morgan fingerprint density at radius 1 is 1.20 bits per heavy atom. The molecule has 2 heterocycles. The molecule has 0 bridgehead atoms. The van der Waals surface area contributed by atoms with Crippen LogP contribution in [0.1, 0.15) is 39.2 Å². The largest absolute Gasteiger partial charge is 0.337 e. The van der Waals surface area contributed by atoms with Gasteiger partial charge >= 0.3 is 6.03 Å². The molecule has 1 N–H and O–H groups in total. The number of hydrazine groups is 1. The molecule has 3 rings (SSSR count). The van der Waals surface area contributed by atoms with Gasteiger partial charge in [0.1, 0.15) is 12.2 Å². The maximum absolute atomic E-state index is 13.2. The highest BCUT2D eigenvalue weighted by molar-refractivity contribution is 5.91. The second-order valence-electron chi connectivity index (χ2n) is 8.41. The first kappa shape index (κ1) is 22.1. The first-order chi connectivity index (χ1) is 14.3. The van der Waals surface area contributed by atoms with Gasteiger partial charge in [0, 0.05) is 20.1 Å². The number of unbranched alkanes of at least 4 members (excludes halogenated alkanes) is 1. The zero-order chi connectivity index (χ0) is 21.8. The van der Waals surface area contributed by atoms with Crippen molar-refractivity contribution in [1.29, 1.82) is 0 Å². The van der Waals surface area contributed by atoms with Crippen molar-refractivity contribution in [2.45, 2.75) is 52.4 Å². The lowest BCUT2D eigenvalue weighted by atomic mass is 9.96. The molecule has 0 saturated carbocycles. The molecule has 8 nitrogen and oxygen atoms in total. The first-order valence-electron chi connectivity index (χ1n) is 10.8. The van der Waals surface area contributed by atoms with E-state index in [0.29, 0.717) is 19.6 Å². The van der Waals surface area contributed by atoms with Gasteiger partial charge in [0.2, 0.25) is 11.8 Å². The number of amides is 4. The first-order valence-corrected chi connectivity index (χ1v) is 10.8. The number of nitrogens with zero attached hydrogens (tertiary/aromatic N) is 4. The monoisotopic (exact) mass is 415 g/mol. The summed E-state index contributed by atoms with van der Waals surface area (Å²) in [6, 6.07) is 8.89. The SMILES string of the molecule is CCCCN1C[C@H]2N(C(=O)CN(C)N2C(=O)NCc2ccccc2)[C@@H](C(C)C)C1=O. The van der Waals surface area contributed by atoms with Gasteiger partial charge in [0.05, 0.1) is 13.1 Å². The minimum Gasteiger partial charge on any atom is -0.337 e. The minimum atomic E-state index is -0.550. The van der Waals surface area contributed by atoms with Crippen LogP contribution in [0.4, 0.5) is 4.79 Å². The molecule has 2 aliphatic heterocycles. The predicted molar refractivity (Wildman–Crippen MR) is 114 cm³/mol. The third kappa shape index (κ3) is 4.43. The van der Waals surface area contributed by atoms with Crippen molar-refractivity contribution < 1.29 is 14.4 Å². The van der Waals surface area contributed by atoms with Crippen LogP contribution in [0.2, 0.25) is 0 Å². The summed E-state index contributed by atoms with van der Waals surface area (Å²) in [6.07, 6.45) is 1.37. The van der Waals surface area contributed by atoms with Crippen LogP contribution in [0, 0.1) is 5.92 Å². The van der Waals surface area contributed by atoms with Crippen molar-refractivity contribution in [3.63, 3.8) is 0 Å². The van der Waals surface area contributed by atoms with Crippen LogP contribution in [-0.4, -0.2) is 76.6 Å². The summed E-state index contributed by atoms with van der Waals surface area (Å²) in [4.78, 5) is 42.7. The van der Waals surface area contributed by atoms with E-state index in [1.165, 1.54) is 0 Å². The molecule has 1 aromatic carbocycles. The lowest BCUT2D eigenvalue weighted by Crippen LogP contribution is -2.76. The summed E-state index contributed by atoms with van der Waals surface area (Å²) in [5.74, 6) is -0.167. The van der Waals surface area contributed by atoms with Gasteiger partial charge < -0.3 is 15.1 Å². The number of rotatable bonds is 6. The molecule has 0 aromatic heterocycles. The summed E-state index contributed by atoms with van der Waals surface area (Å²) in [6.45, 7) is 7.43. The van der Waals surface area contributed by atoms with Crippen LogP contribution < -0.4 is 5.32 Å². The number of carbonyl (C=O) groups is 3. The highest BCUT2D eigenvalue weighted by atomic mass is 16.2. The quantitative estimate of drug-likeness (QED) is 0.770.